The number of hydrogen-bond donors (Lipinski definition) is 0. The van der Waals surface area contributed by atoms with Crippen molar-refractivity contribution >= 4 is 112 Å². The molecule has 5 heterocycles. The Kier molecular flexibility index (Phi) is 35.2. The normalized spacial score (nSPS) is 21.5. The van der Waals surface area contributed by atoms with Crippen LogP contribution in [-0.4, -0.2) is 202 Å². The maximum Gasteiger partial charge on any atom is 0.422 e. The minimum absolute atomic E-state index is 0.106. The molecule has 6 aromatic carbocycles. The van der Waals surface area contributed by atoms with E-state index >= 15 is 0 Å². The van der Waals surface area contributed by atoms with Crippen molar-refractivity contribution in [1.29, 1.82) is 0 Å². The number of benzene rings is 6. The number of hydrogen-bond acceptors (Lipinski definition) is 40. The molecule has 0 radical (unpaired) electrons. The molecular weight excluding hydrogens is 1920 g/mol. The summed E-state index contributed by atoms with van der Waals surface area (Å²) in [4.78, 5) is 118. The standard InChI is InChI=1S/C18H16O8S.C16H2F10O8S.C16H12O8S.C10H8O8S.C8H6F6O8S/c19-17(23-11-13-7-3-1-4-8-13)15-16(26-27(21,22)25-15)18(20)24-12-14-9-5-2-6-10-14;17-1-3(19)7(23)11(8(24)4(1)20)31-15(27)13-14(34-35(29,30)33-13)16(28)32-12-9(25)5(21)2(18)6(22)10(12)26;17-15(21-11-7-3-1-4-8-11)13-14(24-25(19,20)23-13)16(18)22-12-9-5-2-6-10-12;1-3-5-15-9(11)7-8(10(12)16-6-4-2)18-19(13,14)17-7;9-7(10,11)1-19-5(15)3-4(22-23(17,18)21-3)6(16)20-2-8(12,13)14/h1-10,15-16H,11-12H2;13-14H;1-10,13-14H;1-2,7-8H,5-6H2;3-4H,1-2H2. The van der Waals surface area contributed by atoms with Crippen molar-refractivity contribution in [3.63, 3.8) is 0 Å². The molecule has 0 aliphatic carbocycles. The van der Waals surface area contributed by atoms with Crippen LogP contribution in [-0.2, 0) is 183 Å². The number of alkyl halides is 6. The Bertz CT molecular complexity index is 5520. The third-order valence-electron chi connectivity index (χ3n) is 14.4. The van der Waals surface area contributed by atoms with Gasteiger partial charge in [-0.15, -0.1) is 12.8 Å². The van der Waals surface area contributed by atoms with Gasteiger partial charge in [0.2, 0.25) is 131 Å². The molecule has 11 rings (SSSR count). The Labute approximate surface area is 709 Å². The second kappa shape index (κ2) is 43.9. The zero-order chi connectivity index (χ0) is 96.2. The molecule has 5 saturated heterocycles. The van der Waals surface area contributed by atoms with Gasteiger partial charge in [0.05, 0.1) is 0 Å². The van der Waals surface area contributed by atoms with Crippen molar-refractivity contribution in [3.8, 4) is 47.7 Å². The summed E-state index contributed by atoms with van der Waals surface area (Å²) < 4.78 is 404. The highest BCUT2D eigenvalue weighted by Gasteiger charge is 2.57. The first-order valence-electron chi connectivity index (χ1n) is 33.2. The van der Waals surface area contributed by atoms with Crippen LogP contribution in [0, 0.1) is 82.9 Å². The first-order chi connectivity index (χ1) is 60.1. The number of para-hydroxylation sites is 2. The van der Waals surface area contributed by atoms with Crippen LogP contribution in [0.4, 0.5) is 70.2 Å². The summed E-state index contributed by atoms with van der Waals surface area (Å²) in [5.41, 5.74) is 1.38. The maximum absolute atomic E-state index is 13.7. The van der Waals surface area contributed by atoms with Gasteiger partial charge in [-0.1, -0.05) is 109 Å². The molecule has 129 heavy (non-hydrogen) atoms. The zero-order valence-corrected chi connectivity index (χ0v) is 66.2. The highest BCUT2D eigenvalue weighted by Crippen LogP contribution is 2.36. The van der Waals surface area contributed by atoms with Gasteiger partial charge < -0.3 is 47.4 Å². The Morgan fingerprint density at radius 3 is 0.674 bits per heavy atom. The van der Waals surface area contributed by atoms with E-state index in [1.165, 1.54) is 24.3 Å². The first-order valence-corrected chi connectivity index (χ1v) is 39.9. The van der Waals surface area contributed by atoms with Crippen LogP contribution in [0.1, 0.15) is 11.1 Å². The fourth-order valence-corrected chi connectivity index (χ4v) is 13.6. The van der Waals surface area contributed by atoms with Crippen molar-refractivity contribution in [2.24, 2.45) is 0 Å². The number of carbonyl (C=O) groups excluding carboxylic acids is 10. The number of carbonyl (C=O) groups is 10. The lowest BCUT2D eigenvalue weighted by Crippen LogP contribution is -2.42. The second-order valence-corrected chi connectivity index (χ2v) is 29.6. The molecule has 0 spiro atoms. The molecule has 5 aliphatic heterocycles. The molecule has 0 aromatic heterocycles. The average molecular weight is 1970 g/mol. The van der Waals surface area contributed by atoms with Crippen molar-refractivity contribution in [2.75, 3.05) is 26.4 Å². The molecule has 5 fully saturated rings. The smallest absolute Gasteiger partial charge is 0.422 e. The van der Waals surface area contributed by atoms with Gasteiger partial charge >= 0.3 is 124 Å². The molecule has 61 heteroatoms. The molecule has 0 saturated carbocycles. The summed E-state index contributed by atoms with van der Waals surface area (Å²) in [5.74, 6) is -42.3. The lowest BCUT2D eigenvalue weighted by molar-refractivity contribution is -0.198. The summed E-state index contributed by atoms with van der Waals surface area (Å²) in [5, 5.41) is 0. The van der Waals surface area contributed by atoms with Crippen LogP contribution in [0.15, 0.2) is 121 Å². The molecular formula is C68H44F16O40S5. The minimum Gasteiger partial charge on any atom is -0.459 e. The van der Waals surface area contributed by atoms with Crippen LogP contribution < -0.4 is 18.9 Å². The van der Waals surface area contributed by atoms with Gasteiger partial charge in [0.25, 0.3) is 0 Å². The highest BCUT2D eigenvalue weighted by atomic mass is 32.3. The van der Waals surface area contributed by atoms with E-state index in [2.05, 4.69) is 70.3 Å². The lowest BCUT2D eigenvalue weighted by atomic mass is 10.2. The van der Waals surface area contributed by atoms with E-state index in [9.17, 15) is 160 Å². The summed E-state index contributed by atoms with van der Waals surface area (Å²) >= 11 is 0. The van der Waals surface area contributed by atoms with Gasteiger partial charge in [-0.05, 0) is 35.4 Å². The van der Waals surface area contributed by atoms with E-state index in [0.717, 1.165) is 0 Å². The molecule has 0 bridgehead atoms. The number of terminal acetylenes is 2. The van der Waals surface area contributed by atoms with Crippen molar-refractivity contribution in [2.45, 2.75) is 86.6 Å². The topological polar surface area (TPSA) is 526 Å². The van der Waals surface area contributed by atoms with Crippen molar-refractivity contribution in [1.82, 2.24) is 0 Å². The van der Waals surface area contributed by atoms with Crippen LogP contribution in [0.5, 0.6) is 23.0 Å². The largest absolute Gasteiger partial charge is 0.459 e. The van der Waals surface area contributed by atoms with Crippen LogP contribution in [0.2, 0.25) is 0 Å². The van der Waals surface area contributed by atoms with Crippen molar-refractivity contribution in [3.05, 3.63) is 191 Å². The van der Waals surface area contributed by atoms with E-state index in [1.807, 2.05) is 11.8 Å². The second-order valence-electron chi connectivity index (χ2n) is 23.6. The summed E-state index contributed by atoms with van der Waals surface area (Å²) in [6, 6.07) is 33.3. The predicted molar refractivity (Wildman–Crippen MR) is 367 cm³/mol. The van der Waals surface area contributed by atoms with Crippen molar-refractivity contribution < 1.29 is 249 Å². The van der Waals surface area contributed by atoms with Gasteiger partial charge in [-0.2, -0.15) is 86.0 Å². The van der Waals surface area contributed by atoms with E-state index in [-0.39, 0.29) is 24.7 Å². The van der Waals surface area contributed by atoms with Gasteiger partial charge in [0, 0.05) is 0 Å². The monoisotopic (exact) mass is 1960 g/mol. The predicted octanol–water partition coefficient (Wildman–Crippen LogP) is 3.94. The summed E-state index contributed by atoms with van der Waals surface area (Å²) in [7, 11) is -23.9. The molecule has 40 nitrogen and oxygen atoms in total. The van der Waals surface area contributed by atoms with Crippen LogP contribution >= 0.6 is 0 Å². The highest BCUT2D eigenvalue weighted by molar-refractivity contribution is 7.83. The van der Waals surface area contributed by atoms with Gasteiger partial charge in [0.15, 0.2) is 26.4 Å². The number of halogens is 16. The molecule has 10 atom stereocenters. The van der Waals surface area contributed by atoms with Gasteiger partial charge in [-0.3, -0.25) is 0 Å². The van der Waals surface area contributed by atoms with Crippen LogP contribution in [0.3, 0.4) is 0 Å². The summed E-state index contributed by atoms with van der Waals surface area (Å²) in [6.45, 7) is -5.32. The number of ether oxygens (including phenoxy) is 10. The molecule has 0 N–H and O–H groups in total. The van der Waals surface area contributed by atoms with E-state index < -0.39 is 281 Å². The Morgan fingerprint density at radius 2 is 0.457 bits per heavy atom. The third-order valence-corrected chi connectivity index (χ3v) is 18.8. The Hall–Kier alpha value is -12.6. The zero-order valence-electron chi connectivity index (χ0n) is 62.1. The van der Waals surface area contributed by atoms with Gasteiger partial charge in [-0.25, -0.2) is 116 Å². The first kappa shape index (κ1) is 103. The van der Waals surface area contributed by atoms with E-state index in [4.69, 9.17) is 31.8 Å². The number of rotatable bonds is 22. The SMILES string of the molecule is C#CCOC(=O)C1OS(=O)(=O)OC1C(=O)OCC#C.O=C(OCC(F)(F)F)C1OS(=O)(=O)OC1C(=O)OCC(F)(F)F.O=C(OCc1ccccc1)C1OS(=O)(=O)OC1C(=O)OCc1ccccc1.O=C(Oc1c(F)c(F)c(F)c(F)c1F)C1OS(=O)(=O)OC1C(=O)Oc1c(F)c(F)c(F)c(F)c1F.O=C(Oc1ccccc1)C1OS(=O)(=O)OC1C(=O)Oc1ccccc1. The Morgan fingerprint density at radius 1 is 0.271 bits per heavy atom. The molecule has 5 aliphatic rings. The quantitative estimate of drug-likeness (QED) is 0.0177. The van der Waals surface area contributed by atoms with E-state index in [0.29, 0.717) is 11.1 Å². The molecule has 10 unspecified atom stereocenters. The fourth-order valence-electron chi connectivity index (χ4n) is 8.99. The van der Waals surface area contributed by atoms with Crippen LogP contribution in [0.25, 0.3) is 0 Å². The van der Waals surface area contributed by atoms with E-state index in [1.54, 1.807) is 97.1 Å². The molecule has 6 aromatic rings. The van der Waals surface area contributed by atoms with Gasteiger partial charge in [0.1, 0.15) is 24.7 Å². The maximum atomic E-state index is 13.7. The number of esters is 10. The minimum atomic E-state index is -5.40. The fraction of sp³-hybridized carbons (Fsp3) is 0.265. The average Bonchev–Trinajstić information content (AvgIpc) is 1.67. The summed E-state index contributed by atoms with van der Waals surface area (Å²) in [6.07, 6.45) is -22.2. The molecule has 698 valence electrons. The third kappa shape index (κ3) is 29.7. The molecule has 0 amide bonds. The lowest BCUT2D eigenvalue weighted by Gasteiger charge is -2.15. The Balaban J connectivity index is 0.000000224.